The normalized spacial score (nSPS) is 22.0. The first-order chi connectivity index (χ1) is 12.4. The first-order valence-electron chi connectivity index (χ1n) is 9.19. The van der Waals surface area contributed by atoms with Crippen molar-refractivity contribution >= 4 is 11.8 Å². The summed E-state index contributed by atoms with van der Waals surface area (Å²) in [6.07, 6.45) is 3.65. The molecule has 6 nitrogen and oxygen atoms in total. The molecule has 3 heterocycles. The fourth-order valence-corrected chi connectivity index (χ4v) is 3.59. The minimum atomic E-state index is -0.404. The summed E-state index contributed by atoms with van der Waals surface area (Å²) in [5.74, 6) is -0.388. The highest BCUT2D eigenvalue weighted by atomic mass is 19.1. The third-order valence-corrected chi connectivity index (χ3v) is 5.23. The van der Waals surface area contributed by atoms with Crippen molar-refractivity contribution in [3.63, 3.8) is 0 Å². The van der Waals surface area contributed by atoms with E-state index in [-0.39, 0.29) is 35.8 Å². The van der Waals surface area contributed by atoms with Crippen molar-refractivity contribution in [1.29, 1.82) is 0 Å². The van der Waals surface area contributed by atoms with E-state index >= 15 is 0 Å². The summed E-state index contributed by atoms with van der Waals surface area (Å²) in [6, 6.07) is 2.91. The maximum Gasteiger partial charge on any atom is 0.228 e. The van der Waals surface area contributed by atoms with Crippen molar-refractivity contribution < 1.29 is 18.7 Å². The number of hydrogen-bond acceptors (Lipinski definition) is 4. The van der Waals surface area contributed by atoms with E-state index in [2.05, 4.69) is 10.3 Å². The van der Waals surface area contributed by atoms with Crippen molar-refractivity contribution in [3.8, 4) is 0 Å². The summed E-state index contributed by atoms with van der Waals surface area (Å²) in [4.78, 5) is 30.1. The lowest BCUT2D eigenvalue weighted by atomic mass is 9.87. The number of likely N-dealkylation sites (tertiary alicyclic amines) is 1. The van der Waals surface area contributed by atoms with Crippen LogP contribution in [0.2, 0.25) is 0 Å². The smallest absolute Gasteiger partial charge is 0.228 e. The van der Waals surface area contributed by atoms with Gasteiger partial charge in [-0.2, -0.15) is 0 Å². The van der Waals surface area contributed by atoms with Crippen molar-refractivity contribution in [1.82, 2.24) is 15.2 Å². The van der Waals surface area contributed by atoms with Crippen LogP contribution in [0.15, 0.2) is 18.3 Å². The Balaban J connectivity index is 1.49. The van der Waals surface area contributed by atoms with Crippen molar-refractivity contribution in [2.45, 2.75) is 51.2 Å². The molecule has 142 valence electrons. The highest BCUT2D eigenvalue weighted by Gasteiger charge is 2.43. The predicted molar refractivity (Wildman–Crippen MR) is 93.8 cm³/mol. The van der Waals surface area contributed by atoms with Crippen LogP contribution in [0.3, 0.4) is 0 Å². The summed E-state index contributed by atoms with van der Waals surface area (Å²) in [5.41, 5.74) is 0.338. The highest BCUT2D eigenvalue weighted by molar-refractivity contribution is 5.78. The number of ether oxygens (including phenoxy) is 1. The first-order valence-corrected chi connectivity index (χ1v) is 9.19. The van der Waals surface area contributed by atoms with Crippen LogP contribution in [0, 0.1) is 11.7 Å². The zero-order valence-electron chi connectivity index (χ0n) is 15.3. The Morgan fingerprint density at radius 1 is 1.38 bits per heavy atom. The molecule has 0 aromatic carbocycles. The van der Waals surface area contributed by atoms with Crippen LogP contribution < -0.4 is 5.32 Å². The molecule has 0 bridgehead atoms. The second-order valence-electron chi connectivity index (χ2n) is 7.58. The lowest BCUT2D eigenvalue weighted by Crippen LogP contribution is -2.47. The Morgan fingerprint density at radius 2 is 2.12 bits per heavy atom. The lowest BCUT2D eigenvalue weighted by Gasteiger charge is -2.38. The van der Waals surface area contributed by atoms with Gasteiger partial charge in [-0.05, 0) is 31.4 Å². The molecule has 3 rings (SSSR count). The van der Waals surface area contributed by atoms with E-state index in [1.54, 1.807) is 6.07 Å². The lowest BCUT2D eigenvalue weighted by molar-refractivity contribution is -0.135. The molecule has 2 fully saturated rings. The van der Waals surface area contributed by atoms with Gasteiger partial charge in [0.2, 0.25) is 11.8 Å². The fraction of sp³-hybridized carbons (Fsp3) is 0.632. The number of aromatic nitrogens is 1. The number of carbonyl (C=O) groups excluding carboxylic acids is 2. The SMILES string of the molecule is CC(C)C(=O)N[C@H]1COC2(CCN(C(=O)Cc3ccc(F)cn3)CC2)C1. The molecule has 1 aromatic rings. The number of nitrogens with zero attached hydrogens (tertiary/aromatic N) is 2. The van der Waals surface area contributed by atoms with Gasteiger partial charge in [0.05, 0.1) is 30.9 Å². The average molecular weight is 363 g/mol. The van der Waals surface area contributed by atoms with Crippen molar-refractivity contribution in [2.24, 2.45) is 5.92 Å². The van der Waals surface area contributed by atoms with E-state index in [1.165, 1.54) is 6.07 Å². The van der Waals surface area contributed by atoms with Gasteiger partial charge in [-0.25, -0.2) is 4.39 Å². The first kappa shape index (κ1) is 18.8. The highest BCUT2D eigenvalue weighted by Crippen LogP contribution is 2.36. The molecule has 2 saturated heterocycles. The Hall–Kier alpha value is -2.02. The summed E-state index contributed by atoms with van der Waals surface area (Å²) >= 11 is 0. The van der Waals surface area contributed by atoms with E-state index in [0.717, 1.165) is 25.5 Å². The summed E-state index contributed by atoms with van der Waals surface area (Å²) in [5, 5.41) is 3.04. The number of rotatable bonds is 4. The third-order valence-electron chi connectivity index (χ3n) is 5.23. The van der Waals surface area contributed by atoms with Gasteiger partial charge < -0.3 is 15.0 Å². The fourth-order valence-electron chi connectivity index (χ4n) is 3.59. The van der Waals surface area contributed by atoms with Crippen LogP contribution in [0.4, 0.5) is 4.39 Å². The van der Waals surface area contributed by atoms with Crippen LogP contribution in [-0.4, -0.2) is 53.0 Å². The Kier molecular flexibility index (Phi) is 5.55. The summed E-state index contributed by atoms with van der Waals surface area (Å²) < 4.78 is 18.9. The molecular formula is C19H26FN3O3. The number of pyridine rings is 1. The van der Waals surface area contributed by atoms with Gasteiger partial charge in [-0.15, -0.1) is 0 Å². The van der Waals surface area contributed by atoms with Crippen LogP contribution >= 0.6 is 0 Å². The molecule has 0 aliphatic carbocycles. The number of amides is 2. The average Bonchev–Trinajstić information content (AvgIpc) is 2.99. The van der Waals surface area contributed by atoms with Gasteiger partial charge in [0, 0.05) is 24.7 Å². The molecule has 26 heavy (non-hydrogen) atoms. The van der Waals surface area contributed by atoms with E-state index in [0.29, 0.717) is 25.4 Å². The van der Waals surface area contributed by atoms with Crippen molar-refractivity contribution in [2.75, 3.05) is 19.7 Å². The predicted octanol–water partition coefficient (Wildman–Crippen LogP) is 1.69. The second kappa shape index (κ2) is 7.70. The molecule has 2 amide bonds. The Morgan fingerprint density at radius 3 is 2.73 bits per heavy atom. The zero-order chi connectivity index (χ0) is 18.7. The van der Waals surface area contributed by atoms with E-state index < -0.39 is 5.82 Å². The van der Waals surface area contributed by atoms with Crippen LogP contribution in [0.1, 0.15) is 38.8 Å². The van der Waals surface area contributed by atoms with Gasteiger partial charge in [-0.3, -0.25) is 14.6 Å². The zero-order valence-corrected chi connectivity index (χ0v) is 15.3. The molecule has 1 N–H and O–H groups in total. The van der Waals surface area contributed by atoms with Crippen LogP contribution in [0.25, 0.3) is 0 Å². The van der Waals surface area contributed by atoms with E-state index in [4.69, 9.17) is 4.74 Å². The number of halogens is 1. The molecule has 2 aliphatic heterocycles. The summed E-state index contributed by atoms with van der Waals surface area (Å²) in [7, 11) is 0. The van der Waals surface area contributed by atoms with Gasteiger partial charge in [0.25, 0.3) is 0 Å². The number of carbonyl (C=O) groups is 2. The van der Waals surface area contributed by atoms with E-state index in [1.807, 2.05) is 18.7 Å². The maximum atomic E-state index is 12.9. The van der Waals surface area contributed by atoms with Crippen LogP contribution in [-0.2, 0) is 20.7 Å². The number of nitrogens with one attached hydrogen (secondary N) is 1. The molecule has 1 atom stereocenters. The van der Waals surface area contributed by atoms with Gasteiger partial charge in [0.15, 0.2) is 0 Å². The van der Waals surface area contributed by atoms with Gasteiger partial charge >= 0.3 is 0 Å². The number of hydrogen-bond donors (Lipinski definition) is 1. The standard InChI is InChI=1S/C19H26FN3O3/c1-13(2)18(25)22-16-10-19(26-12-16)5-7-23(8-6-19)17(24)9-15-4-3-14(20)11-21-15/h3-4,11,13,16H,5-10,12H2,1-2H3,(H,22,25)/t16-/m1/s1. The van der Waals surface area contributed by atoms with E-state index in [9.17, 15) is 14.0 Å². The monoisotopic (exact) mass is 363 g/mol. The topological polar surface area (TPSA) is 71.5 Å². The largest absolute Gasteiger partial charge is 0.373 e. The van der Waals surface area contributed by atoms with Crippen LogP contribution in [0.5, 0.6) is 0 Å². The van der Waals surface area contributed by atoms with Crippen molar-refractivity contribution in [3.05, 3.63) is 29.8 Å². The quantitative estimate of drug-likeness (QED) is 0.884. The van der Waals surface area contributed by atoms with Gasteiger partial charge in [0.1, 0.15) is 5.82 Å². The summed E-state index contributed by atoms with van der Waals surface area (Å²) in [6.45, 7) is 5.55. The molecule has 7 heteroatoms. The number of piperidine rings is 1. The minimum absolute atomic E-state index is 0.00150. The molecule has 0 saturated carbocycles. The minimum Gasteiger partial charge on any atom is -0.373 e. The molecule has 0 radical (unpaired) electrons. The molecule has 2 aliphatic rings. The molecule has 0 unspecified atom stereocenters. The third kappa shape index (κ3) is 4.38. The molecule has 1 spiro atoms. The van der Waals surface area contributed by atoms with Gasteiger partial charge in [-0.1, -0.05) is 13.8 Å². The Bertz CT molecular complexity index is 654. The molecule has 1 aromatic heterocycles. The maximum absolute atomic E-state index is 12.9. The molecular weight excluding hydrogens is 337 g/mol. The second-order valence-corrected chi connectivity index (χ2v) is 7.58. The Labute approximate surface area is 153 Å².